The second-order valence-corrected chi connectivity index (χ2v) is 5.92. The van der Waals surface area contributed by atoms with Crippen LogP contribution >= 0.6 is 0 Å². The highest BCUT2D eigenvalue weighted by atomic mass is 19.1. The lowest BCUT2D eigenvalue weighted by Crippen LogP contribution is -2.38. The summed E-state index contributed by atoms with van der Waals surface area (Å²) in [6, 6.07) is 5.19. The Morgan fingerprint density at radius 3 is 2.68 bits per heavy atom. The highest BCUT2D eigenvalue weighted by Crippen LogP contribution is 2.35. The minimum atomic E-state index is -0.153. The fourth-order valence-corrected chi connectivity index (χ4v) is 2.99. The lowest BCUT2D eigenvalue weighted by Gasteiger charge is -2.35. The molecule has 1 aromatic rings. The molecular formula is C16H24FNO. The zero-order valence-electron chi connectivity index (χ0n) is 11.7. The van der Waals surface area contributed by atoms with E-state index in [1.165, 1.54) is 25.3 Å². The largest absolute Gasteiger partial charge is 0.396 e. The molecule has 1 aliphatic rings. The zero-order chi connectivity index (χ0) is 13.7. The molecule has 0 amide bonds. The van der Waals surface area contributed by atoms with Gasteiger partial charge in [0.25, 0.3) is 0 Å². The van der Waals surface area contributed by atoms with Gasteiger partial charge in [0.15, 0.2) is 0 Å². The summed E-state index contributed by atoms with van der Waals surface area (Å²) in [6.07, 6.45) is 5.82. The molecule has 0 aliphatic heterocycles. The van der Waals surface area contributed by atoms with Crippen molar-refractivity contribution in [3.63, 3.8) is 0 Å². The van der Waals surface area contributed by atoms with Crippen molar-refractivity contribution in [2.75, 3.05) is 13.2 Å². The summed E-state index contributed by atoms with van der Waals surface area (Å²) < 4.78 is 13.6. The number of nitrogens with one attached hydrogen (secondary N) is 1. The molecule has 0 aromatic heterocycles. The van der Waals surface area contributed by atoms with E-state index in [1.807, 2.05) is 13.0 Å². The molecule has 0 spiro atoms. The van der Waals surface area contributed by atoms with Gasteiger partial charge in [0, 0.05) is 30.7 Å². The molecule has 0 unspecified atom stereocenters. The third-order valence-electron chi connectivity index (χ3n) is 4.27. The molecule has 0 radical (unpaired) electrons. The SMILES string of the molecule is Cc1ccc(F)c(CNCC2(CO)CCCCC2)c1. The normalized spacial score (nSPS) is 18.5. The second-order valence-electron chi connectivity index (χ2n) is 5.92. The minimum absolute atomic E-state index is 0.0125. The highest BCUT2D eigenvalue weighted by molar-refractivity contribution is 5.23. The van der Waals surface area contributed by atoms with Gasteiger partial charge in [-0.3, -0.25) is 0 Å². The first-order chi connectivity index (χ1) is 9.15. The molecule has 2 rings (SSSR count). The van der Waals surface area contributed by atoms with Crippen LogP contribution in [0.3, 0.4) is 0 Å². The molecule has 0 atom stereocenters. The smallest absolute Gasteiger partial charge is 0.127 e. The van der Waals surface area contributed by atoms with Crippen molar-refractivity contribution in [1.29, 1.82) is 0 Å². The van der Waals surface area contributed by atoms with Gasteiger partial charge in [-0.15, -0.1) is 0 Å². The van der Waals surface area contributed by atoms with E-state index in [0.29, 0.717) is 12.1 Å². The monoisotopic (exact) mass is 265 g/mol. The minimum Gasteiger partial charge on any atom is -0.396 e. The zero-order valence-corrected chi connectivity index (χ0v) is 11.7. The Kier molecular flexibility index (Phi) is 4.94. The maximum Gasteiger partial charge on any atom is 0.127 e. The van der Waals surface area contributed by atoms with Crippen molar-refractivity contribution in [2.24, 2.45) is 5.41 Å². The molecule has 106 valence electrons. The van der Waals surface area contributed by atoms with E-state index in [0.717, 1.165) is 24.9 Å². The molecule has 1 aromatic carbocycles. The van der Waals surface area contributed by atoms with Gasteiger partial charge in [-0.25, -0.2) is 4.39 Å². The van der Waals surface area contributed by atoms with Crippen molar-refractivity contribution in [2.45, 2.75) is 45.6 Å². The maximum atomic E-state index is 13.6. The highest BCUT2D eigenvalue weighted by Gasteiger charge is 2.30. The number of aliphatic hydroxyl groups is 1. The number of aliphatic hydroxyl groups excluding tert-OH is 1. The van der Waals surface area contributed by atoms with E-state index < -0.39 is 0 Å². The number of aryl methyl sites for hydroxylation is 1. The predicted octanol–water partition coefficient (Wildman–Crippen LogP) is 3.17. The number of rotatable bonds is 5. The Morgan fingerprint density at radius 2 is 2.00 bits per heavy atom. The lowest BCUT2D eigenvalue weighted by atomic mass is 9.74. The van der Waals surface area contributed by atoms with Gasteiger partial charge in [0.1, 0.15) is 5.82 Å². The topological polar surface area (TPSA) is 32.3 Å². The van der Waals surface area contributed by atoms with Crippen LogP contribution < -0.4 is 5.32 Å². The summed E-state index contributed by atoms with van der Waals surface area (Å²) in [7, 11) is 0. The van der Waals surface area contributed by atoms with Crippen LogP contribution in [0.15, 0.2) is 18.2 Å². The summed E-state index contributed by atoms with van der Waals surface area (Å²) in [5, 5.41) is 13.0. The van der Waals surface area contributed by atoms with E-state index in [1.54, 1.807) is 6.07 Å². The van der Waals surface area contributed by atoms with E-state index in [4.69, 9.17) is 0 Å². The first kappa shape index (κ1) is 14.5. The molecule has 2 N–H and O–H groups in total. The number of halogens is 1. The van der Waals surface area contributed by atoms with Crippen LogP contribution in [0.2, 0.25) is 0 Å². The van der Waals surface area contributed by atoms with Gasteiger partial charge in [-0.05, 0) is 25.8 Å². The van der Waals surface area contributed by atoms with Crippen molar-refractivity contribution in [3.05, 3.63) is 35.1 Å². The second kappa shape index (κ2) is 6.49. The van der Waals surface area contributed by atoms with Crippen molar-refractivity contribution >= 4 is 0 Å². The number of hydrogen-bond acceptors (Lipinski definition) is 2. The molecule has 0 bridgehead atoms. The molecule has 1 fully saturated rings. The van der Waals surface area contributed by atoms with Crippen LogP contribution in [-0.4, -0.2) is 18.3 Å². The first-order valence-electron chi connectivity index (χ1n) is 7.22. The lowest BCUT2D eigenvalue weighted by molar-refractivity contribution is 0.0810. The number of hydrogen-bond donors (Lipinski definition) is 2. The summed E-state index contributed by atoms with van der Waals surface area (Å²) in [5.41, 5.74) is 1.80. The van der Waals surface area contributed by atoms with Crippen LogP contribution in [0, 0.1) is 18.2 Å². The van der Waals surface area contributed by atoms with Crippen molar-refractivity contribution < 1.29 is 9.50 Å². The Balaban J connectivity index is 1.90. The van der Waals surface area contributed by atoms with Crippen LogP contribution in [0.5, 0.6) is 0 Å². The molecule has 0 heterocycles. The summed E-state index contributed by atoms with van der Waals surface area (Å²) in [6.45, 7) is 3.52. The van der Waals surface area contributed by atoms with Crippen LogP contribution in [-0.2, 0) is 6.54 Å². The Labute approximate surface area is 115 Å². The molecule has 0 saturated heterocycles. The average Bonchev–Trinajstić information content (AvgIpc) is 2.44. The molecule has 1 aliphatic carbocycles. The average molecular weight is 265 g/mol. The van der Waals surface area contributed by atoms with Gasteiger partial charge < -0.3 is 10.4 Å². The van der Waals surface area contributed by atoms with Gasteiger partial charge in [0.2, 0.25) is 0 Å². The molecule has 2 nitrogen and oxygen atoms in total. The van der Waals surface area contributed by atoms with E-state index >= 15 is 0 Å². The third-order valence-corrected chi connectivity index (χ3v) is 4.27. The summed E-state index contributed by atoms with van der Waals surface area (Å²) in [4.78, 5) is 0. The van der Waals surface area contributed by atoms with Gasteiger partial charge in [-0.2, -0.15) is 0 Å². The Morgan fingerprint density at radius 1 is 1.26 bits per heavy atom. The van der Waals surface area contributed by atoms with E-state index in [2.05, 4.69) is 5.32 Å². The molecule has 1 saturated carbocycles. The van der Waals surface area contributed by atoms with Crippen LogP contribution in [0.1, 0.15) is 43.2 Å². The summed E-state index contributed by atoms with van der Waals surface area (Å²) in [5.74, 6) is -0.153. The third kappa shape index (κ3) is 3.77. The standard InChI is InChI=1S/C16H24FNO/c1-13-5-6-15(17)14(9-13)10-18-11-16(12-19)7-3-2-4-8-16/h5-6,9,18-19H,2-4,7-8,10-12H2,1H3. The van der Waals surface area contributed by atoms with Crippen LogP contribution in [0.4, 0.5) is 4.39 Å². The van der Waals surface area contributed by atoms with Gasteiger partial charge >= 0.3 is 0 Å². The van der Waals surface area contributed by atoms with E-state index in [-0.39, 0.29) is 17.8 Å². The number of benzene rings is 1. The van der Waals surface area contributed by atoms with Gasteiger partial charge in [0.05, 0.1) is 0 Å². The Bertz CT molecular complexity index is 413. The first-order valence-corrected chi connectivity index (χ1v) is 7.22. The van der Waals surface area contributed by atoms with Crippen LogP contribution in [0.25, 0.3) is 0 Å². The Hall–Kier alpha value is -0.930. The predicted molar refractivity (Wildman–Crippen MR) is 75.4 cm³/mol. The van der Waals surface area contributed by atoms with E-state index in [9.17, 15) is 9.50 Å². The molecular weight excluding hydrogens is 241 g/mol. The fraction of sp³-hybridized carbons (Fsp3) is 0.625. The quantitative estimate of drug-likeness (QED) is 0.857. The molecule has 19 heavy (non-hydrogen) atoms. The van der Waals surface area contributed by atoms with Gasteiger partial charge in [-0.1, -0.05) is 37.0 Å². The maximum absolute atomic E-state index is 13.6. The molecule has 3 heteroatoms. The van der Waals surface area contributed by atoms with Crippen molar-refractivity contribution in [3.8, 4) is 0 Å². The van der Waals surface area contributed by atoms with Crippen molar-refractivity contribution in [1.82, 2.24) is 5.32 Å². The summed E-state index contributed by atoms with van der Waals surface area (Å²) >= 11 is 0. The fourth-order valence-electron chi connectivity index (χ4n) is 2.99.